The summed E-state index contributed by atoms with van der Waals surface area (Å²) < 4.78 is 0. The highest BCUT2D eigenvalue weighted by atomic mass is 16.2. The molecule has 0 spiro atoms. The fourth-order valence-corrected chi connectivity index (χ4v) is 3.29. The van der Waals surface area contributed by atoms with Crippen molar-refractivity contribution in [2.45, 2.75) is 44.6 Å². The first-order valence-corrected chi connectivity index (χ1v) is 6.88. The lowest BCUT2D eigenvalue weighted by atomic mass is 9.84. The van der Waals surface area contributed by atoms with Crippen molar-refractivity contribution in [2.24, 2.45) is 11.1 Å². The first-order chi connectivity index (χ1) is 8.22. The first kappa shape index (κ1) is 12.8. The number of amides is 1. The highest BCUT2D eigenvalue weighted by Gasteiger charge is 2.43. The fraction of sp³-hybridized carbons (Fsp3) is 0.923. The molecule has 0 aromatic heterocycles. The summed E-state index contributed by atoms with van der Waals surface area (Å²) in [5, 5.41) is 3.28. The molecule has 0 aromatic carbocycles. The van der Waals surface area contributed by atoms with E-state index < -0.39 is 0 Å². The quantitative estimate of drug-likeness (QED) is 0.763. The minimum absolute atomic E-state index is 0.227. The lowest BCUT2D eigenvalue weighted by Crippen LogP contribution is -2.53. The van der Waals surface area contributed by atoms with Gasteiger partial charge in [-0.25, -0.2) is 0 Å². The molecular weight excluding hydrogens is 214 g/mol. The Kier molecular flexibility index (Phi) is 4.05. The Balaban J connectivity index is 2.03. The van der Waals surface area contributed by atoms with Gasteiger partial charge in [-0.15, -0.1) is 0 Å². The summed E-state index contributed by atoms with van der Waals surface area (Å²) in [6.45, 7) is 2.29. The Morgan fingerprint density at radius 3 is 2.71 bits per heavy atom. The van der Waals surface area contributed by atoms with Crippen LogP contribution in [0.4, 0.5) is 0 Å². The van der Waals surface area contributed by atoms with Crippen LogP contribution in [-0.4, -0.2) is 43.5 Å². The van der Waals surface area contributed by atoms with Gasteiger partial charge in [0.25, 0.3) is 0 Å². The van der Waals surface area contributed by atoms with Crippen LogP contribution in [0.15, 0.2) is 0 Å². The number of hydrogen-bond acceptors (Lipinski definition) is 3. The van der Waals surface area contributed by atoms with E-state index in [2.05, 4.69) is 5.32 Å². The average molecular weight is 239 g/mol. The van der Waals surface area contributed by atoms with Gasteiger partial charge in [0.2, 0.25) is 5.91 Å². The molecule has 0 aromatic rings. The van der Waals surface area contributed by atoms with E-state index in [4.69, 9.17) is 5.73 Å². The van der Waals surface area contributed by atoms with Crippen molar-refractivity contribution in [1.82, 2.24) is 10.2 Å². The maximum absolute atomic E-state index is 12.6. The third-order valence-corrected chi connectivity index (χ3v) is 4.52. The molecule has 1 saturated carbocycles. The van der Waals surface area contributed by atoms with Crippen molar-refractivity contribution < 1.29 is 4.79 Å². The van der Waals surface area contributed by atoms with Crippen LogP contribution in [-0.2, 0) is 4.79 Å². The Hall–Kier alpha value is -0.610. The summed E-state index contributed by atoms with van der Waals surface area (Å²) in [6.07, 6.45) is 6.58. The van der Waals surface area contributed by atoms with Gasteiger partial charge >= 0.3 is 0 Å². The van der Waals surface area contributed by atoms with Gasteiger partial charge in [-0.3, -0.25) is 4.79 Å². The Labute approximate surface area is 104 Å². The third-order valence-electron chi connectivity index (χ3n) is 4.52. The van der Waals surface area contributed by atoms with Crippen molar-refractivity contribution in [2.75, 3.05) is 26.7 Å². The SMILES string of the molecule is CNC1CCCN(C(=O)C2(CN)CCCC2)C1. The van der Waals surface area contributed by atoms with Gasteiger partial charge in [-0.05, 0) is 32.7 Å². The van der Waals surface area contributed by atoms with Gasteiger partial charge in [0.05, 0.1) is 5.41 Å². The maximum atomic E-state index is 12.6. The van der Waals surface area contributed by atoms with E-state index in [1.54, 1.807) is 0 Å². The number of nitrogens with two attached hydrogens (primary N) is 1. The van der Waals surface area contributed by atoms with Crippen molar-refractivity contribution in [3.8, 4) is 0 Å². The fourth-order valence-electron chi connectivity index (χ4n) is 3.29. The van der Waals surface area contributed by atoms with Gasteiger partial charge in [0.1, 0.15) is 0 Å². The second kappa shape index (κ2) is 5.36. The van der Waals surface area contributed by atoms with E-state index in [1.807, 2.05) is 11.9 Å². The van der Waals surface area contributed by atoms with Gasteiger partial charge in [0, 0.05) is 25.7 Å². The minimum Gasteiger partial charge on any atom is -0.341 e. The number of likely N-dealkylation sites (N-methyl/N-ethyl adjacent to an activating group) is 1. The molecule has 17 heavy (non-hydrogen) atoms. The zero-order valence-electron chi connectivity index (χ0n) is 10.9. The maximum Gasteiger partial charge on any atom is 0.230 e. The topological polar surface area (TPSA) is 58.4 Å². The zero-order valence-corrected chi connectivity index (χ0v) is 10.9. The Bertz CT molecular complexity index is 274. The second-order valence-corrected chi connectivity index (χ2v) is 5.57. The predicted octanol–water partition coefficient (Wildman–Crippen LogP) is 0.716. The van der Waals surface area contributed by atoms with E-state index in [0.717, 1.165) is 45.2 Å². The van der Waals surface area contributed by atoms with E-state index >= 15 is 0 Å². The van der Waals surface area contributed by atoms with Gasteiger partial charge in [-0.1, -0.05) is 12.8 Å². The molecule has 1 atom stereocenters. The molecule has 1 unspecified atom stereocenters. The van der Waals surface area contributed by atoms with Crippen LogP contribution in [0, 0.1) is 5.41 Å². The molecule has 1 aliphatic carbocycles. The molecule has 3 N–H and O–H groups in total. The van der Waals surface area contributed by atoms with E-state index in [-0.39, 0.29) is 5.41 Å². The summed E-state index contributed by atoms with van der Waals surface area (Å²) in [5.74, 6) is 0.317. The van der Waals surface area contributed by atoms with Gasteiger partial charge < -0.3 is 16.0 Å². The molecule has 4 nitrogen and oxygen atoms in total. The molecule has 2 rings (SSSR count). The number of nitrogens with zero attached hydrogens (tertiary/aromatic N) is 1. The molecule has 2 fully saturated rings. The number of hydrogen-bond donors (Lipinski definition) is 2. The molecule has 1 amide bonds. The summed E-state index contributed by atoms with van der Waals surface area (Å²) in [7, 11) is 1.98. The second-order valence-electron chi connectivity index (χ2n) is 5.57. The van der Waals surface area contributed by atoms with Crippen LogP contribution in [0.2, 0.25) is 0 Å². The zero-order chi connectivity index (χ0) is 12.3. The minimum atomic E-state index is -0.227. The molecule has 0 radical (unpaired) electrons. The monoisotopic (exact) mass is 239 g/mol. The van der Waals surface area contributed by atoms with Crippen LogP contribution in [0.1, 0.15) is 38.5 Å². The predicted molar refractivity (Wildman–Crippen MR) is 68.6 cm³/mol. The normalized spacial score (nSPS) is 28.4. The number of carbonyl (C=O) groups is 1. The van der Waals surface area contributed by atoms with Crippen molar-refractivity contribution in [3.63, 3.8) is 0 Å². The van der Waals surface area contributed by atoms with Crippen molar-refractivity contribution in [1.29, 1.82) is 0 Å². The van der Waals surface area contributed by atoms with Crippen LogP contribution in [0.25, 0.3) is 0 Å². The molecular formula is C13H25N3O. The first-order valence-electron chi connectivity index (χ1n) is 6.88. The summed E-state index contributed by atoms with van der Waals surface area (Å²) in [5.41, 5.74) is 5.65. The van der Waals surface area contributed by atoms with E-state index in [1.165, 1.54) is 6.42 Å². The van der Waals surface area contributed by atoms with Gasteiger partial charge in [0.15, 0.2) is 0 Å². The average Bonchev–Trinajstić information content (AvgIpc) is 2.88. The molecule has 0 bridgehead atoms. The lowest BCUT2D eigenvalue weighted by Gasteiger charge is -2.38. The lowest BCUT2D eigenvalue weighted by molar-refractivity contribution is -0.142. The summed E-state index contributed by atoms with van der Waals surface area (Å²) in [4.78, 5) is 14.7. The Morgan fingerprint density at radius 2 is 2.12 bits per heavy atom. The smallest absolute Gasteiger partial charge is 0.230 e. The third kappa shape index (κ3) is 2.47. The standard InChI is InChI=1S/C13H25N3O/c1-15-11-5-4-8-16(9-11)12(17)13(10-14)6-2-3-7-13/h11,15H,2-10,14H2,1H3. The van der Waals surface area contributed by atoms with Crippen LogP contribution >= 0.6 is 0 Å². The summed E-state index contributed by atoms with van der Waals surface area (Å²) in [6, 6.07) is 0.462. The van der Waals surface area contributed by atoms with Crippen LogP contribution < -0.4 is 11.1 Å². The molecule has 2 aliphatic rings. The number of carbonyl (C=O) groups excluding carboxylic acids is 1. The molecule has 1 saturated heterocycles. The number of nitrogens with one attached hydrogen (secondary N) is 1. The van der Waals surface area contributed by atoms with E-state index in [0.29, 0.717) is 18.5 Å². The number of piperidine rings is 1. The van der Waals surface area contributed by atoms with E-state index in [9.17, 15) is 4.79 Å². The van der Waals surface area contributed by atoms with Crippen LogP contribution in [0.5, 0.6) is 0 Å². The Morgan fingerprint density at radius 1 is 1.41 bits per heavy atom. The summed E-state index contributed by atoms with van der Waals surface area (Å²) >= 11 is 0. The largest absolute Gasteiger partial charge is 0.341 e. The highest BCUT2D eigenvalue weighted by molar-refractivity contribution is 5.83. The molecule has 1 heterocycles. The molecule has 98 valence electrons. The van der Waals surface area contributed by atoms with Crippen molar-refractivity contribution in [3.05, 3.63) is 0 Å². The highest BCUT2D eigenvalue weighted by Crippen LogP contribution is 2.39. The number of rotatable bonds is 3. The van der Waals surface area contributed by atoms with Crippen molar-refractivity contribution >= 4 is 5.91 Å². The molecule has 1 aliphatic heterocycles. The van der Waals surface area contributed by atoms with Crippen LogP contribution in [0.3, 0.4) is 0 Å². The molecule has 4 heteroatoms. The number of likely N-dealkylation sites (tertiary alicyclic amines) is 1. The van der Waals surface area contributed by atoms with Gasteiger partial charge in [-0.2, -0.15) is 0 Å².